The maximum Gasteiger partial charge on any atom is 0.317 e. The van der Waals surface area contributed by atoms with Crippen LogP contribution in [0, 0.1) is 5.82 Å². The van der Waals surface area contributed by atoms with E-state index in [0.29, 0.717) is 16.6 Å². The molecule has 1 aliphatic rings. The lowest BCUT2D eigenvalue weighted by Crippen LogP contribution is -2.36. The molecular formula is C19H24FN3O2S. The largest absolute Gasteiger partial charge is 0.480 e. The molecule has 1 N–H and O–H groups in total. The van der Waals surface area contributed by atoms with Gasteiger partial charge in [-0.1, -0.05) is 12.1 Å². The summed E-state index contributed by atoms with van der Waals surface area (Å²) in [6.45, 7) is 2.73. The minimum Gasteiger partial charge on any atom is -0.480 e. The average Bonchev–Trinajstić information content (AvgIpc) is 2.92. The Hall–Kier alpha value is -1.83. The normalized spacial score (nSPS) is 18.8. The monoisotopic (exact) mass is 377 g/mol. The molecule has 3 rings (SSSR count). The SMILES string of the molecule is CN(CC(=O)O)C1CCCN(Cc2csc(-c3ccccc3F)n2)CC1. The maximum atomic E-state index is 13.9. The summed E-state index contributed by atoms with van der Waals surface area (Å²) in [6.07, 6.45) is 3.00. The molecule has 0 amide bonds. The molecular weight excluding hydrogens is 353 g/mol. The molecule has 2 heterocycles. The summed E-state index contributed by atoms with van der Waals surface area (Å²) in [5.74, 6) is -1.02. The Morgan fingerprint density at radius 2 is 2.19 bits per heavy atom. The Morgan fingerprint density at radius 3 is 2.96 bits per heavy atom. The van der Waals surface area contributed by atoms with Gasteiger partial charge in [0, 0.05) is 30.1 Å². The Labute approximate surface area is 157 Å². The van der Waals surface area contributed by atoms with Crippen molar-refractivity contribution in [2.24, 2.45) is 0 Å². The Kier molecular flexibility index (Phi) is 6.34. The highest BCUT2D eigenvalue weighted by atomic mass is 32.1. The van der Waals surface area contributed by atoms with Gasteiger partial charge < -0.3 is 5.11 Å². The highest BCUT2D eigenvalue weighted by Gasteiger charge is 2.22. The van der Waals surface area contributed by atoms with Crippen LogP contribution in [-0.4, -0.2) is 58.6 Å². The number of benzene rings is 1. The standard InChI is InChI=1S/C19H24FN3O2S/c1-22(12-18(24)25)15-5-4-9-23(10-8-15)11-14-13-26-19(21-14)16-6-2-3-7-17(16)20/h2-3,6-7,13,15H,4-5,8-12H2,1H3,(H,24,25). The molecule has 26 heavy (non-hydrogen) atoms. The Morgan fingerprint density at radius 1 is 1.38 bits per heavy atom. The number of hydrogen-bond donors (Lipinski definition) is 1. The third-order valence-electron chi connectivity index (χ3n) is 4.84. The van der Waals surface area contributed by atoms with Crippen LogP contribution in [0.3, 0.4) is 0 Å². The van der Waals surface area contributed by atoms with Crippen molar-refractivity contribution in [3.05, 3.63) is 41.2 Å². The van der Waals surface area contributed by atoms with Gasteiger partial charge in [0.2, 0.25) is 0 Å². The molecule has 0 spiro atoms. The molecule has 1 aliphatic heterocycles. The third kappa shape index (κ3) is 4.87. The summed E-state index contributed by atoms with van der Waals surface area (Å²) >= 11 is 1.47. The second-order valence-corrected chi connectivity index (χ2v) is 7.65. The molecule has 140 valence electrons. The second-order valence-electron chi connectivity index (χ2n) is 6.79. The first-order chi connectivity index (χ1) is 12.5. The lowest BCUT2D eigenvalue weighted by molar-refractivity contribution is -0.138. The predicted octanol–water partition coefficient (Wildman–Crippen LogP) is 3.32. The fraction of sp³-hybridized carbons (Fsp3) is 0.474. The zero-order valence-corrected chi connectivity index (χ0v) is 15.7. The van der Waals surface area contributed by atoms with Gasteiger partial charge >= 0.3 is 5.97 Å². The van der Waals surface area contributed by atoms with Gasteiger partial charge in [0.15, 0.2) is 0 Å². The summed E-state index contributed by atoms with van der Waals surface area (Å²) in [7, 11) is 1.88. The number of hydrogen-bond acceptors (Lipinski definition) is 5. The van der Waals surface area contributed by atoms with E-state index in [4.69, 9.17) is 5.11 Å². The molecule has 1 unspecified atom stereocenters. The van der Waals surface area contributed by atoms with E-state index in [0.717, 1.165) is 44.6 Å². The van der Waals surface area contributed by atoms with Crippen LogP contribution in [0.5, 0.6) is 0 Å². The van der Waals surface area contributed by atoms with Gasteiger partial charge in [-0.15, -0.1) is 11.3 Å². The van der Waals surface area contributed by atoms with E-state index in [1.54, 1.807) is 12.1 Å². The first-order valence-electron chi connectivity index (χ1n) is 8.86. The number of nitrogens with zero attached hydrogens (tertiary/aromatic N) is 3. The number of carboxylic acids is 1. The van der Waals surface area contributed by atoms with Crippen molar-refractivity contribution in [1.82, 2.24) is 14.8 Å². The van der Waals surface area contributed by atoms with Gasteiger partial charge in [0.25, 0.3) is 0 Å². The van der Waals surface area contributed by atoms with E-state index >= 15 is 0 Å². The number of likely N-dealkylation sites (tertiary alicyclic amines) is 1. The van der Waals surface area contributed by atoms with E-state index in [9.17, 15) is 9.18 Å². The quantitative estimate of drug-likeness (QED) is 0.837. The second kappa shape index (κ2) is 8.70. The fourth-order valence-electron chi connectivity index (χ4n) is 3.45. The summed E-state index contributed by atoms with van der Waals surface area (Å²) in [4.78, 5) is 19.8. The first kappa shape index (κ1) is 18.9. The van der Waals surface area contributed by atoms with Crippen molar-refractivity contribution in [2.75, 3.05) is 26.7 Å². The highest BCUT2D eigenvalue weighted by Crippen LogP contribution is 2.27. The number of aliphatic carboxylic acids is 1. The van der Waals surface area contributed by atoms with E-state index in [1.165, 1.54) is 17.4 Å². The molecule has 1 aromatic heterocycles. The molecule has 1 atom stereocenters. The van der Waals surface area contributed by atoms with E-state index < -0.39 is 5.97 Å². The molecule has 0 radical (unpaired) electrons. The minimum absolute atomic E-state index is 0.0861. The number of rotatable bonds is 6. The van der Waals surface area contributed by atoms with Gasteiger partial charge in [0.05, 0.1) is 12.2 Å². The van der Waals surface area contributed by atoms with Crippen molar-refractivity contribution in [3.8, 4) is 10.6 Å². The van der Waals surface area contributed by atoms with Crippen molar-refractivity contribution in [1.29, 1.82) is 0 Å². The zero-order valence-electron chi connectivity index (χ0n) is 14.9. The van der Waals surface area contributed by atoms with Crippen molar-refractivity contribution in [2.45, 2.75) is 31.8 Å². The molecule has 1 saturated heterocycles. The number of likely N-dealkylation sites (N-methyl/N-ethyl adjacent to an activating group) is 1. The van der Waals surface area contributed by atoms with Gasteiger partial charge in [-0.25, -0.2) is 9.37 Å². The lowest BCUT2D eigenvalue weighted by atomic mass is 10.1. The van der Waals surface area contributed by atoms with Crippen LogP contribution in [0.15, 0.2) is 29.6 Å². The first-order valence-corrected chi connectivity index (χ1v) is 9.74. The summed E-state index contributed by atoms with van der Waals surface area (Å²) in [5.41, 5.74) is 1.51. The van der Waals surface area contributed by atoms with Crippen molar-refractivity contribution in [3.63, 3.8) is 0 Å². The topological polar surface area (TPSA) is 56.7 Å². The third-order valence-corrected chi connectivity index (χ3v) is 5.76. The zero-order chi connectivity index (χ0) is 18.5. The summed E-state index contributed by atoms with van der Waals surface area (Å²) in [5, 5.41) is 11.7. The van der Waals surface area contributed by atoms with Crippen LogP contribution in [-0.2, 0) is 11.3 Å². The number of carboxylic acid groups (broad SMARTS) is 1. The predicted molar refractivity (Wildman–Crippen MR) is 101 cm³/mol. The molecule has 2 aromatic rings. The number of thiazole rings is 1. The van der Waals surface area contributed by atoms with Crippen LogP contribution in [0.1, 0.15) is 25.0 Å². The fourth-order valence-corrected chi connectivity index (χ4v) is 4.28. The Bertz CT molecular complexity index is 752. The molecule has 1 fully saturated rings. The maximum absolute atomic E-state index is 13.9. The minimum atomic E-state index is -0.781. The van der Waals surface area contributed by atoms with E-state index in [-0.39, 0.29) is 12.4 Å². The lowest BCUT2D eigenvalue weighted by Gasteiger charge is -2.25. The van der Waals surface area contributed by atoms with E-state index in [2.05, 4.69) is 9.88 Å². The van der Waals surface area contributed by atoms with Crippen LogP contribution in [0.4, 0.5) is 4.39 Å². The summed E-state index contributed by atoms with van der Waals surface area (Å²) < 4.78 is 13.9. The molecule has 0 aliphatic carbocycles. The molecule has 0 bridgehead atoms. The number of aromatic nitrogens is 1. The Balaban J connectivity index is 1.58. The summed E-state index contributed by atoms with van der Waals surface area (Å²) in [6, 6.07) is 7.02. The number of carbonyl (C=O) groups is 1. The average molecular weight is 377 g/mol. The molecule has 1 aromatic carbocycles. The highest BCUT2D eigenvalue weighted by molar-refractivity contribution is 7.13. The van der Waals surface area contributed by atoms with Gasteiger partial charge in [-0.05, 0) is 45.0 Å². The number of halogens is 1. The van der Waals surface area contributed by atoms with Crippen LogP contribution < -0.4 is 0 Å². The van der Waals surface area contributed by atoms with Gasteiger partial charge in [-0.3, -0.25) is 14.6 Å². The molecule has 0 saturated carbocycles. The van der Waals surface area contributed by atoms with Crippen molar-refractivity contribution >= 4 is 17.3 Å². The van der Waals surface area contributed by atoms with Gasteiger partial charge in [-0.2, -0.15) is 0 Å². The van der Waals surface area contributed by atoms with Crippen molar-refractivity contribution < 1.29 is 14.3 Å². The molecule has 5 nitrogen and oxygen atoms in total. The van der Waals surface area contributed by atoms with Crippen LogP contribution in [0.2, 0.25) is 0 Å². The molecule has 7 heteroatoms. The van der Waals surface area contributed by atoms with E-state index in [1.807, 2.05) is 23.4 Å². The van der Waals surface area contributed by atoms with Gasteiger partial charge in [0.1, 0.15) is 10.8 Å². The smallest absolute Gasteiger partial charge is 0.317 e. The van der Waals surface area contributed by atoms with Crippen LogP contribution >= 0.6 is 11.3 Å². The van der Waals surface area contributed by atoms with Crippen LogP contribution in [0.25, 0.3) is 10.6 Å².